The van der Waals surface area contributed by atoms with Crippen molar-refractivity contribution in [1.29, 1.82) is 0 Å². The lowest BCUT2D eigenvalue weighted by molar-refractivity contribution is 0.101. The summed E-state index contributed by atoms with van der Waals surface area (Å²) in [4.78, 5) is 14.2. The lowest BCUT2D eigenvalue weighted by Crippen LogP contribution is -1.93. The number of hydrogen-bond donors (Lipinski definition) is 1. The molecule has 1 heterocycles. The number of H-pyrrole nitrogens is 1. The second-order valence-electron chi connectivity index (χ2n) is 3.49. The van der Waals surface area contributed by atoms with Crippen LogP contribution in [0.3, 0.4) is 0 Å². The van der Waals surface area contributed by atoms with Gasteiger partial charge >= 0.3 is 0 Å². The fraction of sp³-hybridized carbons (Fsp3) is 0.182. The summed E-state index contributed by atoms with van der Waals surface area (Å²) in [5.41, 5.74) is 1.49. The monoisotopic (exact) mass is 209 g/mol. The Morgan fingerprint density at radius 3 is 2.47 bits per heavy atom. The smallest absolute Gasteiger partial charge is 0.162 e. The van der Waals surface area contributed by atoms with Gasteiger partial charge in [0.15, 0.2) is 17.4 Å². The Balaban J connectivity index is 2.87. The summed E-state index contributed by atoms with van der Waals surface area (Å²) in [6.07, 6.45) is 0. The minimum absolute atomic E-state index is 0.162. The highest BCUT2D eigenvalue weighted by Gasteiger charge is 2.14. The van der Waals surface area contributed by atoms with Gasteiger partial charge in [-0.25, -0.2) is 8.78 Å². The molecule has 2 rings (SSSR count). The maximum Gasteiger partial charge on any atom is 0.162 e. The number of fused-ring (bicyclic) bond motifs is 1. The van der Waals surface area contributed by atoms with Gasteiger partial charge in [0.05, 0.1) is 0 Å². The first-order valence-electron chi connectivity index (χ1n) is 4.49. The Hall–Kier alpha value is -1.71. The molecule has 0 amide bonds. The Morgan fingerprint density at radius 2 is 1.87 bits per heavy atom. The van der Waals surface area contributed by atoms with Crippen LogP contribution in [0.2, 0.25) is 0 Å². The average molecular weight is 209 g/mol. The van der Waals surface area contributed by atoms with Gasteiger partial charge in [-0.3, -0.25) is 4.79 Å². The SMILES string of the molecule is CC(=O)c1c(C)[nH]c2cc(F)c(F)cc12. The number of hydrogen-bond acceptors (Lipinski definition) is 1. The van der Waals surface area contributed by atoms with Crippen LogP contribution in [0, 0.1) is 18.6 Å². The third-order valence-electron chi connectivity index (χ3n) is 2.38. The van der Waals surface area contributed by atoms with Gasteiger partial charge in [0.25, 0.3) is 0 Å². The van der Waals surface area contributed by atoms with Crippen molar-refractivity contribution in [3.05, 3.63) is 35.0 Å². The van der Waals surface area contributed by atoms with Crippen molar-refractivity contribution in [3.63, 3.8) is 0 Å². The number of carbonyl (C=O) groups is 1. The molecule has 0 bridgehead atoms. The number of nitrogens with one attached hydrogen (secondary N) is 1. The molecule has 1 aromatic heterocycles. The van der Waals surface area contributed by atoms with E-state index in [4.69, 9.17) is 0 Å². The van der Waals surface area contributed by atoms with Crippen molar-refractivity contribution in [1.82, 2.24) is 4.98 Å². The number of halogens is 2. The third kappa shape index (κ3) is 1.42. The Bertz CT molecular complexity index is 557. The van der Waals surface area contributed by atoms with Crippen LogP contribution in [0.4, 0.5) is 8.78 Å². The normalized spacial score (nSPS) is 10.9. The standard InChI is InChI=1S/C11H9F2NO/c1-5-11(6(2)15)7-3-8(12)9(13)4-10(7)14-5/h3-4,14H,1-2H3. The van der Waals surface area contributed by atoms with Crippen molar-refractivity contribution < 1.29 is 13.6 Å². The summed E-state index contributed by atoms with van der Waals surface area (Å²) in [5, 5.41) is 0.430. The summed E-state index contributed by atoms with van der Waals surface area (Å²) in [6, 6.07) is 2.11. The van der Waals surface area contributed by atoms with Crippen LogP contribution in [0.5, 0.6) is 0 Å². The van der Waals surface area contributed by atoms with E-state index in [1.165, 1.54) is 6.92 Å². The van der Waals surface area contributed by atoms with E-state index < -0.39 is 11.6 Å². The van der Waals surface area contributed by atoms with Crippen LogP contribution < -0.4 is 0 Å². The Morgan fingerprint density at radius 1 is 1.27 bits per heavy atom. The molecule has 0 aliphatic heterocycles. The van der Waals surface area contributed by atoms with E-state index in [1.807, 2.05) is 0 Å². The fourth-order valence-corrected chi connectivity index (χ4v) is 1.78. The predicted octanol–water partition coefficient (Wildman–Crippen LogP) is 2.96. The lowest BCUT2D eigenvalue weighted by Gasteiger charge is -1.96. The molecular formula is C11H9F2NO. The van der Waals surface area contributed by atoms with Crippen molar-refractivity contribution in [2.45, 2.75) is 13.8 Å². The second kappa shape index (κ2) is 3.15. The van der Waals surface area contributed by atoms with Gasteiger partial charge in [-0.05, 0) is 19.9 Å². The summed E-state index contributed by atoms with van der Waals surface area (Å²) < 4.78 is 25.9. The van der Waals surface area contributed by atoms with Crippen LogP contribution in [0.15, 0.2) is 12.1 Å². The first-order valence-corrected chi connectivity index (χ1v) is 4.49. The predicted molar refractivity (Wildman–Crippen MR) is 53.0 cm³/mol. The molecule has 2 nitrogen and oxygen atoms in total. The highest BCUT2D eigenvalue weighted by atomic mass is 19.2. The maximum atomic E-state index is 13.0. The number of ketones is 1. The van der Waals surface area contributed by atoms with E-state index in [9.17, 15) is 13.6 Å². The number of rotatable bonds is 1. The molecule has 78 valence electrons. The van der Waals surface area contributed by atoms with Crippen LogP contribution in [-0.2, 0) is 0 Å². The molecule has 0 saturated heterocycles. The summed E-state index contributed by atoms with van der Waals surface area (Å²) in [5.74, 6) is -2.02. The third-order valence-corrected chi connectivity index (χ3v) is 2.38. The first-order chi connectivity index (χ1) is 7.00. The molecule has 4 heteroatoms. The van der Waals surface area contributed by atoms with Crippen LogP contribution in [0.1, 0.15) is 23.0 Å². The van der Waals surface area contributed by atoms with Gasteiger partial charge in [0.1, 0.15) is 0 Å². The topological polar surface area (TPSA) is 32.9 Å². The van der Waals surface area contributed by atoms with Crippen molar-refractivity contribution in [3.8, 4) is 0 Å². The molecule has 0 spiro atoms. The molecule has 0 aliphatic carbocycles. The molecule has 0 unspecified atom stereocenters. The molecule has 0 aliphatic rings. The zero-order valence-corrected chi connectivity index (χ0v) is 8.32. The Labute approximate surface area is 84.9 Å². The molecule has 0 saturated carbocycles. The summed E-state index contributed by atoms with van der Waals surface area (Å²) in [7, 11) is 0. The molecule has 2 aromatic rings. The van der Waals surface area contributed by atoms with E-state index in [0.29, 0.717) is 22.2 Å². The van der Waals surface area contributed by atoms with E-state index in [2.05, 4.69) is 4.98 Å². The number of aromatic nitrogens is 1. The molecule has 15 heavy (non-hydrogen) atoms. The van der Waals surface area contributed by atoms with Crippen molar-refractivity contribution >= 4 is 16.7 Å². The van der Waals surface area contributed by atoms with Gasteiger partial charge in [0, 0.05) is 28.2 Å². The van der Waals surface area contributed by atoms with Crippen molar-refractivity contribution in [2.75, 3.05) is 0 Å². The zero-order valence-electron chi connectivity index (χ0n) is 8.32. The molecule has 0 fully saturated rings. The molecule has 1 N–H and O–H groups in total. The summed E-state index contributed by atoms with van der Waals surface area (Å²) in [6.45, 7) is 3.10. The number of carbonyl (C=O) groups excluding carboxylic acids is 1. The minimum Gasteiger partial charge on any atom is -0.358 e. The quantitative estimate of drug-likeness (QED) is 0.719. The lowest BCUT2D eigenvalue weighted by atomic mass is 10.1. The molecule has 0 radical (unpaired) electrons. The maximum absolute atomic E-state index is 13.0. The van der Waals surface area contributed by atoms with E-state index in [0.717, 1.165) is 12.1 Å². The zero-order chi connectivity index (χ0) is 11.2. The fourth-order valence-electron chi connectivity index (χ4n) is 1.78. The van der Waals surface area contributed by atoms with Gasteiger partial charge in [-0.15, -0.1) is 0 Å². The largest absolute Gasteiger partial charge is 0.358 e. The van der Waals surface area contributed by atoms with Crippen molar-refractivity contribution in [2.24, 2.45) is 0 Å². The van der Waals surface area contributed by atoms with Gasteiger partial charge in [0.2, 0.25) is 0 Å². The van der Waals surface area contributed by atoms with E-state index >= 15 is 0 Å². The van der Waals surface area contributed by atoms with Crippen LogP contribution in [0.25, 0.3) is 10.9 Å². The number of Topliss-reactive ketones (excluding diaryl/α,β-unsaturated/α-hetero) is 1. The highest BCUT2D eigenvalue weighted by molar-refractivity contribution is 6.08. The second-order valence-corrected chi connectivity index (χ2v) is 3.49. The molecular weight excluding hydrogens is 200 g/mol. The van der Waals surface area contributed by atoms with Gasteiger partial charge in [-0.2, -0.15) is 0 Å². The van der Waals surface area contributed by atoms with Crippen LogP contribution >= 0.6 is 0 Å². The number of benzene rings is 1. The van der Waals surface area contributed by atoms with Gasteiger partial charge in [-0.1, -0.05) is 0 Å². The van der Waals surface area contributed by atoms with Crippen LogP contribution in [-0.4, -0.2) is 10.8 Å². The average Bonchev–Trinajstić information content (AvgIpc) is 2.41. The van der Waals surface area contributed by atoms with E-state index in [1.54, 1.807) is 6.92 Å². The highest BCUT2D eigenvalue weighted by Crippen LogP contribution is 2.24. The number of aryl methyl sites for hydroxylation is 1. The molecule has 0 atom stereocenters. The minimum atomic E-state index is -0.941. The Kier molecular flexibility index (Phi) is 2.07. The summed E-state index contributed by atoms with van der Waals surface area (Å²) >= 11 is 0. The first kappa shape index (κ1) is 9.83. The number of aromatic amines is 1. The molecule has 1 aromatic carbocycles. The van der Waals surface area contributed by atoms with Gasteiger partial charge < -0.3 is 4.98 Å². The van der Waals surface area contributed by atoms with E-state index in [-0.39, 0.29) is 5.78 Å².